The van der Waals surface area contributed by atoms with Crippen LogP contribution in [-0.4, -0.2) is 23.9 Å². The first-order valence-corrected chi connectivity index (χ1v) is 5.21. The summed E-state index contributed by atoms with van der Waals surface area (Å²) in [6.45, 7) is 0. The van der Waals surface area contributed by atoms with E-state index in [2.05, 4.69) is 0 Å². The Morgan fingerprint density at radius 3 is 2.62 bits per heavy atom. The Bertz CT molecular complexity index is 387. The van der Waals surface area contributed by atoms with Gasteiger partial charge in [0.25, 0.3) is 0 Å². The lowest BCUT2D eigenvalue weighted by Crippen LogP contribution is -2.49. The smallest absolute Gasteiger partial charge is 0.159 e. The van der Waals surface area contributed by atoms with Crippen molar-refractivity contribution in [2.24, 2.45) is 0 Å². The number of rotatable bonds is 3. The molecule has 0 radical (unpaired) electrons. The molecule has 0 atom stereocenters. The van der Waals surface area contributed by atoms with Gasteiger partial charge in [0, 0.05) is 26.4 Å². The molecule has 88 valence electrons. The number of hydrogen-bond acceptors (Lipinski definition) is 2. The van der Waals surface area contributed by atoms with Crippen LogP contribution in [0.4, 0.5) is 8.78 Å². The third-order valence-electron chi connectivity index (χ3n) is 3.07. The number of benzene rings is 1. The van der Waals surface area contributed by atoms with Gasteiger partial charge in [-0.25, -0.2) is 8.78 Å². The first-order valence-electron chi connectivity index (χ1n) is 5.21. The summed E-state index contributed by atoms with van der Waals surface area (Å²) in [6, 6.07) is 3.71. The van der Waals surface area contributed by atoms with Crippen molar-refractivity contribution >= 4 is 0 Å². The van der Waals surface area contributed by atoms with Gasteiger partial charge < -0.3 is 9.84 Å². The van der Waals surface area contributed by atoms with Crippen molar-refractivity contribution in [3.8, 4) is 0 Å². The molecular weight excluding hydrogens is 214 g/mol. The molecular formula is C12H14F2O2. The van der Waals surface area contributed by atoms with Gasteiger partial charge in [0.15, 0.2) is 11.6 Å². The average Bonchev–Trinajstić information content (AvgIpc) is 2.20. The van der Waals surface area contributed by atoms with Gasteiger partial charge in [-0.1, -0.05) is 6.07 Å². The van der Waals surface area contributed by atoms with E-state index >= 15 is 0 Å². The van der Waals surface area contributed by atoms with Crippen LogP contribution in [0.1, 0.15) is 18.4 Å². The maximum absolute atomic E-state index is 12.9. The molecule has 1 saturated carbocycles. The van der Waals surface area contributed by atoms with E-state index in [0.717, 1.165) is 12.1 Å². The molecule has 0 bridgehead atoms. The highest BCUT2D eigenvalue weighted by molar-refractivity contribution is 5.21. The van der Waals surface area contributed by atoms with Crippen LogP contribution in [0.25, 0.3) is 0 Å². The monoisotopic (exact) mass is 228 g/mol. The van der Waals surface area contributed by atoms with E-state index in [-0.39, 0.29) is 6.10 Å². The lowest BCUT2D eigenvalue weighted by atomic mass is 9.74. The van der Waals surface area contributed by atoms with E-state index in [4.69, 9.17) is 4.74 Å². The van der Waals surface area contributed by atoms with Crippen LogP contribution >= 0.6 is 0 Å². The molecule has 0 saturated heterocycles. The van der Waals surface area contributed by atoms with Crippen LogP contribution in [0, 0.1) is 11.6 Å². The molecule has 0 amide bonds. The molecule has 0 unspecified atom stereocenters. The quantitative estimate of drug-likeness (QED) is 0.858. The molecule has 1 aliphatic carbocycles. The molecule has 1 aromatic carbocycles. The minimum atomic E-state index is -0.872. The topological polar surface area (TPSA) is 29.5 Å². The largest absolute Gasteiger partial charge is 0.389 e. The zero-order valence-corrected chi connectivity index (χ0v) is 9.04. The van der Waals surface area contributed by atoms with Gasteiger partial charge in [0.1, 0.15) is 0 Å². The fraction of sp³-hybridized carbons (Fsp3) is 0.500. The Hall–Kier alpha value is -1.00. The number of hydrogen-bond donors (Lipinski definition) is 1. The average molecular weight is 228 g/mol. The molecule has 1 fully saturated rings. The lowest BCUT2D eigenvalue weighted by molar-refractivity contribution is -0.126. The van der Waals surface area contributed by atoms with Crippen molar-refractivity contribution in [1.29, 1.82) is 0 Å². The van der Waals surface area contributed by atoms with Crippen molar-refractivity contribution in [2.45, 2.75) is 31.0 Å². The van der Waals surface area contributed by atoms with E-state index in [1.807, 2.05) is 0 Å². The Balaban J connectivity index is 2.02. The summed E-state index contributed by atoms with van der Waals surface area (Å²) in [5.74, 6) is -1.73. The highest BCUT2D eigenvalue weighted by Crippen LogP contribution is 2.37. The van der Waals surface area contributed by atoms with Gasteiger partial charge in [-0.3, -0.25) is 0 Å². The van der Waals surface area contributed by atoms with Crippen molar-refractivity contribution in [3.05, 3.63) is 35.4 Å². The summed E-state index contributed by atoms with van der Waals surface area (Å²) in [4.78, 5) is 0. The molecule has 1 aromatic rings. The van der Waals surface area contributed by atoms with Gasteiger partial charge >= 0.3 is 0 Å². The zero-order chi connectivity index (χ0) is 11.8. The zero-order valence-electron chi connectivity index (χ0n) is 9.04. The van der Waals surface area contributed by atoms with Gasteiger partial charge in [0.05, 0.1) is 11.7 Å². The Labute approximate surface area is 92.9 Å². The minimum absolute atomic E-state index is 0.0790. The highest BCUT2D eigenvalue weighted by atomic mass is 19.2. The maximum Gasteiger partial charge on any atom is 0.159 e. The second kappa shape index (κ2) is 4.11. The first kappa shape index (κ1) is 11.5. The molecule has 0 heterocycles. The van der Waals surface area contributed by atoms with Crippen LogP contribution in [0.2, 0.25) is 0 Å². The molecule has 0 aromatic heterocycles. The predicted molar refractivity (Wildman–Crippen MR) is 55.0 cm³/mol. The van der Waals surface area contributed by atoms with Crippen molar-refractivity contribution < 1.29 is 18.6 Å². The van der Waals surface area contributed by atoms with Gasteiger partial charge in [-0.05, 0) is 17.7 Å². The Morgan fingerprint density at radius 2 is 2.06 bits per heavy atom. The Kier molecular flexibility index (Phi) is 2.95. The number of halogens is 2. The van der Waals surface area contributed by atoms with Gasteiger partial charge in [0.2, 0.25) is 0 Å². The molecule has 1 aliphatic rings. The van der Waals surface area contributed by atoms with E-state index < -0.39 is 17.2 Å². The number of methoxy groups -OCH3 is 1. The summed E-state index contributed by atoms with van der Waals surface area (Å²) >= 11 is 0. The van der Waals surface area contributed by atoms with Crippen LogP contribution in [0.5, 0.6) is 0 Å². The molecule has 4 heteroatoms. The van der Waals surface area contributed by atoms with Gasteiger partial charge in [-0.2, -0.15) is 0 Å². The third-order valence-corrected chi connectivity index (χ3v) is 3.07. The van der Waals surface area contributed by atoms with Crippen LogP contribution in [0.3, 0.4) is 0 Å². The van der Waals surface area contributed by atoms with Crippen LogP contribution < -0.4 is 0 Å². The maximum atomic E-state index is 12.9. The molecule has 2 nitrogen and oxygen atoms in total. The van der Waals surface area contributed by atoms with Crippen LogP contribution in [-0.2, 0) is 11.2 Å². The number of ether oxygens (including phenoxy) is 1. The summed E-state index contributed by atoms with van der Waals surface area (Å²) in [5.41, 5.74) is -0.221. The second-order valence-corrected chi connectivity index (χ2v) is 4.42. The van der Waals surface area contributed by atoms with E-state index in [1.54, 1.807) is 7.11 Å². The van der Waals surface area contributed by atoms with Crippen molar-refractivity contribution in [2.75, 3.05) is 7.11 Å². The second-order valence-electron chi connectivity index (χ2n) is 4.42. The molecule has 0 spiro atoms. The summed E-state index contributed by atoms with van der Waals surface area (Å²) in [5, 5.41) is 10.0. The predicted octanol–water partition coefficient (Wildman–Crippen LogP) is 2.05. The van der Waals surface area contributed by atoms with Crippen molar-refractivity contribution in [3.63, 3.8) is 0 Å². The lowest BCUT2D eigenvalue weighted by Gasteiger charge is -2.42. The number of aliphatic hydroxyl groups is 1. The van der Waals surface area contributed by atoms with E-state index in [1.165, 1.54) is 6.07 Å². The molecule has 1 N–H and O–H groups in total. The summed E-state index contributed by atoms with van der Waals surface area (Å²) in [6.07, 6.45) is 1.50. The first-order chi connectivity index (χ1) is 7.52. The Morgan fingerprint density at radius 1 is 1.38 bits per heavy atom. The standard InChI is InChI=1S/C12H14F2O2/c1-16-9-6-12(15,7-9)5-8-2-3-10(13)11(14)4-8/h2-4,9,15H,5-7H2,1H3. The summed E-state index contributed by atoms with van der Waals surface area (Å²) < 4.78 is 30.7. The van der Waals surface area contributed by atoms with E-state index in [0.29, 0.717) is 24.8 Å². The molecule has 2 rings (SSSR count). The fourth-order valence-corrected chi connectivity index (χ4v) is 2.13. The van der Waals surface area contributed by atoms with E-state index in [9.17, 15) is 13.9 Å². The minimum Gasteiger partial charge on any atom is -0.389 e. The third kappa shape index (κ3) is 2.23. The SMILES string of the molecule is COC1CC(O)(Cc2ccc(F)c(F)c2)C1. The van der Waals surface area contributed by atoms with Gasteiger partial charge in [-0.15, -0.1) is 0 Å². The molecule has 16 heavy (non-hydrogen) atoms. The fourth-order valence-electron chi connectivity index (χ4n) is 2.13. The highest BCUT2D eigenvalue weighted by Gasteiger charge is 2.42. The van der Waals surface area contributed by atoms with Crippen molar-refractivity contribution in [1.82, 2.24) is 0 Å². The summed E-state index contributed by atoms with van der Waals surface area (Å²) in [7, 11) is 1.60. The molecule has 0 aliphatic heterocycles. The van der Waals surface area contributed by atoms with Crippen LogP contribution in [0.15, 0.2) is 18.2 Å². The normalized spacial score (nSPS) is 28.9.